The average molecular weight is 306 g/mol. The summed E-state index contributed by atoms with van der Waals surface area (Å²) in [5.41, 5.74) is -0.839. The standard InChI is InChI=1S/C14H8F2N2O2S/c15-8-3-4-11(10(16)6-8)18-14(20)9(7-17)13(19)12-2-1-5-21-12/h1-6,19H,(H,18,20). The van der Waals surface area contributed by atoms with Crippen LogP contribution in [0.15, 0.2) is 41.3 Å². The second kappa shape index (κ2) is 6.15. The molecule has 1 amide bonds. The van der Waals surface area contributed by atoms with E-state index in [1.54, 1.807) is 17.5 Å². The van der Waals surface area contributed by atoms with Crippen LogP contribution in [0.4, 0.5) is 14.5 Å². The summed E-state index contributed by atoms with van der Waals surface area (Å²) in [7, 11) is 0. The van der Waals surface area contributed by atoms with E-state index in [1.165, 1.54) is 6.07 Å². The monoisotopic (exact) mass is 306 g/mol. The van der Waals surface area contributed by atoms with Gasteiger partial charge in [-0.2, -0.15) is 5.26 Å². The molecule has 1 aromatic heterocycles. The van der Waals surface area contributed by atoms with Crippen LogP contribution in [0.3, 0.4) is 0 Å². The maximum atomic E-state index is 13.4. The molecule has 21 heavy (non-hydrogen) atoms. The molecule has 0 saturated carbocycles. The molecule has 7 heteroatoms. The van der Waals surface area contributed by atoms with Crippen LogP contribution < -0.4 is 5.32 Å². The predicted molar refractivity (Wildman–Crippen MR) is 74.5 cm³/mol. The van der Waals surface area contributed by atoms with Crippen molar-refractivity contribution >= 4 is 28.7 Å². The van der Waals surface area contributed by atoms with E-state index in [4.69, 9.17) is 5.26 Å². The van der Waals surface area contributed by atoms with Crippen LogP contribution in [0, 0.1) is 23.0 Å². The third-order valence-electron chi connectivity index (χ3n) is 2.51. The van der Waals surface area contributed by atoms with E-state index in [2.05, 4.69) is 5.32 Å². The van der Waals surface area contributed by atoms with Crippen molar-refractivity contribution in [3.63, 3.8) is 0 Å². The van der Waals surface area contributed by atoms with Crippen molar-refractivity contribution in [1.29, 1.82) is 5.26 Å². The second-order valence-electron chi connectivity index (χ2n) is 3.89. The molecule has 2 aromatic rings. The number of thiophene rings is 1. The van der Waals surface area contributed by atoms with Crippen molar-refractivity contribution < 1.29 is 18.7 Å². The lowest BCUT2D eigenvalue weighted by Crippen LogP contribution is -2.16. The summed E-state index contributed by atoms with van der Waals surface area (Å²) < 4.78 is 26.2. The van der Waals surface area contributed by atoms with Gasteiger partial charge in [0.15, 0.2) is 11.3 Å². The Labute approximate surface area is 122 Å². The molecule has 106 valence electrons. The van der Waals surface area contributed by atoms with Crippen molar-refractivity contribution in [2.24, 2.45) is 0 Å². The van der Waals surface area contributed by atoms with Gasteiger partial charge in [-0.1, -0.05) is 6.07 Å². The zero-order chi connectivity index (χ0) is 15.4. The van der Waals surface area contributed by atoms with E-state index in [-0.39, 0.29) is 5.69 Å². The Morgan fingerprint density at radius 3 is 2.67 bits per heavy atom. The summed E-state index contributed by atoms with van der Waals surface area (Å²) in [5, 5.41) is 22.6. The Kier molecular flexibility index (Phi) is 4.30. The van der Waals surface area contributed by atoms with Crippen LogP contribution in [0.5, 0.6) is 0 Å². The van der Waals surface area contributed by atoms with Gasteiger partial charge in [0.1, 0.15) is 17.7 Å². The van der Waals surface area contributed by atoms with E-state index in [0.29, 0.717) is 10.9 Å². The predicted octanol–water partition coefficient (Wildman–Crippen LogP) is 3.46. The fourth-order valence-corrected chi connectivity index (χ4v) is 2.20. The molecule has 0 atom stereocenters. The Bertz CT molecular complexity index is 749. The van der Waals surface area contributed by atoms with Gasteiger partial charge in [0, 0.05) is 6.07 Å². The van der Waals surface area contributed by atoms with Crippen LogP contribution in [-0.4, -0.2) is 11.0 Å². The van der Waals surface area contributed by atoms with E-state index in [9.17, 15) is 18.7 Å². The Morgan fingerprint density at radius 2 is 2.10 bits per heavy atom. The van der Waals surface area contributed by atoms with Gasteiger partial charge in [-0.3, -0.25) is 4.79 Å². The van der Waals surface area contributed by atoms with E-state index in [1.807, 2.05) is 0 Å². The first-order valence-electron chi connectivity index (χ1n) is 5.66. The summed E-state index contributed by atoms with van der Waals surface area (Å²) in [6.45, 7) is 0. The zero-order valence-electron chi connectivity index (χ0n) is 10.4. The topological polar surface area (TPSA) is 73.1 Å². The SMILES string of the molecule is N#CC(C(=O)Nc1ccc(F)cc1F)=C(O)c1cccs1. The lowest BCUT2D eigenvalue weighted by atomic mass is 10.2. The van der Waals surface area contributed by atoms with E-state index < -0.39 is 28.9 Å². The van der Waals surface area contributed by atoms with Gasteiger partial charge >= 0.3 is 0 Å². The molecule has 0 aliphatic rings. The minimum absolute atomic E-state index is 0.284. The van der Waals surface area contributed by atoms with Gasteiger partial charge in [-0.25, -0.2) is 8.78 Å². The number of amides is 1. The van der Waals surface area contributed by atoms with Crippen molar-refractivity contribution in [3.05, 3.63) is 57.8 Å². The molecule has 1 heterocycles. The number of nitriles is 1. The zero-order valence-corrected chi connectivity index (χ0v) is 11.2. The van der Waals surface area contributed by atoms with E-state index in [0.717, 1.165) is 23.5 Å². The van der Waals surface area contributed by atoms with Crippen molar-refractivity contribution in [1.82, 2.24) is 0 Å². The fraction of sp³-hybridized carbons (Fsp3) is 0. The molecule has 0 bridgehead atoms. The van der Waals surface area contributed by atoms with Gasteiger partial charge in [-0.05, 0) is 23.6 Å². The molecule has 0 radical (unpaired) electrons. The fourth-order valence-electron chi connectivity index (χ4n) is 1.52. The highest BCUT2D eigenvalue weighted by Gasteiger charge is 2.18. The minimum atomic E-state index is -0.978. The minimum Gasteiger partial charge on any atom is -0.505 e. The molecule has 0 unspecified atom stereocenters. The third kappa shape index (κ3) is 3.24. The van der Waals surface area contributed by atoms with Crippen molar-refractivity contribution in [2.45, 2.75) is 0 Å². The number of carbonyl (C=O) groups is 1. The second-order valence-corrected chi connectivity index (χ2v) is 4.84. The largest absolute Gasteiger partial charge is 0.505 e. The third-order valence-corrected chi connectivity index (χ3v) is 3.39. The highest BCUT2D eigenvalue weighted by atomic mass is 32.1. The van der Waals surface area contributed by atoms with Crippen molar-refractivity contribution in [2.75, 3.05) is 5.32 Å². The van der Waals surface area contributed by atoms with Crippen LogP contribution in [-0.2, 0) is 4.79 Å². The summed E-state index contributed by atoms with van der Waals surface area (Å²) >= 11 is 1.14. The van der Waals surface area contributed by atoms with Gasteiger partial charge in [0.2, 0.25) is 0 Å². The van der Waals surface area contributed by atoms with Crippen molar-refractivity contribution in [3.8, 4) is 6.07 Å². The molecule has 0 aliphatic heterocycles. The number of nitrogens with one attached hydrogen (secondary N) is 1. The molecule has 4 nitrogen and oxygen atoms in total. The number of hydrogen-bond acceptors (Lipinski definition) is 4. The van der Waals surface area contributed by atoms with E-state index >= 15 is 0 Å². The van der Waals surface area contributed by atoms with Gasteiger partial charge < -0.3 is 10.4 Å². The number of carbonyl (C=O) groups excluding carboxylic acids is 1. The Morgan fingerprint density at radius 1 is 1.33 bits per heavy atom. The molecular weight excluding hydrogens is 298 g/mol. The number of hydrogen-bond donors (Lipinski definition) is 2. The maximum absolute atomic E-state index is 13.4. The smallest absolute Gasteiger partial charge is 0.270 e. The quantitative estimate of drug-likeness (QED) is 0.518. The molecule has 0 saturated heterocycles. The van der Waals surface area contributed by atoms with Gasteiger partial charge in [0.05, 0.1) is 10.6 Å². The first kappa shape index (κ1) is 14.7. The van der Waals surface area contributed by atoms with Crippen LogP contribution in [0.1, 0.15) is 4.88 Å². The van der Waals surface area contributed by atoms with Crippen LogP contribution in [0.2, 0.25) is 0 Å². The normalized spacial score (nSPS) is 11.5. The first-order chi connectivity index (χ1) is 10.0. The number of halogens is 2. The number of nitrogens with zero attached hydrogens (tertiary/aromatic N) is 1. The van der Waals surface area contributed by atoms with Crippen LogP contribution in [0.25, 0.3) is 5.76 Å². The molecule has 0 aliphatic carbocycles. The molecule has 2 N–H and O–H groups in total. The Hall–Kier alpha value is -2.72. The summed E-state index contributed by atoms with van der Waals surface area (Å²) in [6.07, 6.45) is 0. The molecule has 0 fully saturated rings. The lowest BCUT2D eigenvalue weighted by molar-refractivity contribution is -0.112. The first-order valence-corrected chi connectivity index (χ1v) is 6.54. The van der Waals surface area contributed by atoms with Gasteiger partial charge in [-0.15, -0.1) is 11.3 Å². The number of anilines is 1. The number of aliphatic hydroxyl groups excluding tert-OH is 1. The molecule has 0 spiro atoms. The lowest BCUT2D eigenvalue weighted by Gasteiger charge is -2.06. The summed E-state index contributed by atoms with van der Waals surface area (Å²) in [4.78, 5) is 12.2. The maximum Gasteiger partial charge on any atom is 0.270 e. The number of rotatable bonds is 3. The highest BCUT2D eigenvalue weighted by Crippen LogP contribution is 2.22. The highest BCUT2D eigenvalue weighted by molar-refractivity contribution is 7.11. The molecule has 2 rings (SSSR count). The number of benzene rings is 1. The molecule has 1 aromatic carbocycles. The molecular formula is C14H8F2N2O2S. The summed E-state index contributed by atoms with van der Waals surface area (Å²) in [6, 6.07) is 7.34. The Balaban J connectivity index is 2.30. The average Bonchev–Trinajstić information content (AvgIpc) is 2.96. The summed E-state index contributed by atoms with van der Waals surface area (Å²) in [5.74, 6) is -3.24. The van der Waals surface area contributed by atoms with Gasteiger partial charge in [0.25, 0.3) is 5.91 Å². The number of aliphatic hydroxyl groups is 1. The van der Waals surface area contributed by atoms with Crippen LogP contribution >= 0.6 is 11.3 Å².